The molecule has 1 aliphatic rings. The molecule has 3 N–H and O–H groups in total. The summed E-state index contributed by atoms with van der Waals surface area (Å²) < 4.78 is 1.49. The Kier molecular flexibility index (Phi) is 2.48. The lowest BCUT2D eigenvalue weighted by Crippen LogP contribution is -2.13. The molecular formula is C14H12N6O. The van der Waals surface area contributed by atoms with Crippen molar-refractivity contribution >= 4 is 22.9 Å². The van der Waals surface area contributed by atoms with Crippen molar-refractivity contribution in [3.63, 3.8) is 0 Å². The highest BCUT2D eigenvalue weighted by Gasteiger charge is 2.21. The van der Waals surface area contributed by atoms with Crippen molar-refractivity contribution in [2.24, 2.45) is 4.99 Å². The third kappa shape index (κ3) is 1.78. The van der Waals surface area contributed by atoms with Crippen molar-refractivity contribution < 1.29 is 5.11 Å². The van der Waals surface area contributed by atoms with E-state index in [-0.39, 0.29) is 6.61 Å². The van der Waals surface area contributed by atoms with Crippen molar-refractivity contribution in [3.05, 3.63) is 47.3 Å². The lowest BCUT2D eigenvalue weighted by atomic mass is 10.1. The maximum atomic E-state index is 9.14. The van der Waals surface area contributed by atoms with E-state index in [1.807, 2.05) is 24.3 Å². The first-order valence-corrected chi connectivity index (χ1v) is 6.54. The van der Waals surface area contributed by atoms with Crippen LogP contribution in [0, 0.1) is 0 Å². The highest BCUT2D eigenvalue weighted by atomic mass is 16.3. The lowest BCUT2D eigenvalue weighted by molar-refractivity contribution is 0.276. The molecule has 0 radical (unpaired) electrons. The molecule has 0 atom stereocenters. The van der Waals surface area contributed by atoms with Gasteiger partial charge in [0.05, 0.1) is 23.7 Å². The summed E-state index contributed by atoms with van der Waals surface area (Å²) in [7, 11) is 0. The standard InChI is InChI=1S/C14H12N6O/c15-14-13(11-5-8-3-1-2-4-10(8)16-11)18-17-12-6-9(7-21)19-20(12)14/h1-4,6,21H,5,7,15H2. The van der Waals surface area contributed by atoms with E-state index in [4.69, 9.17) is 10.8 Å². The molecule has 0 saturated carbocycles. The Morgan fingerprint density at radius 2 is 2.10 bits per heavy atom. The molecule has 4 rings (SSSR count). The van der Waals surface area contributed by atoms with Crippen LogP contribution in [0.15, 0.2) is 35.3 Å². The van der Waals surface area contributed by atoms with E-state index >= 15 is 0 Å². The molecule has 104 valence electrons. The molecule has 3 heterocycles. The molecule has 1 aliphatic heterocycles. The van der Waals surface area contributed by atoms with Gasteiger partial charge in [0.15, 0.2) is 11.5 Å². The fourth-order valence-corrected chi connectivity index (χ4v) is 2.47. The summed E-state index contributed by atoms with van der Waals surface area (Å²) in [4.78, 5) is 4.56. The van der Waals surface area contributed by atoms with Gasteiger partial charge < -0.3 is 10.8 Å². The van der Waals surface area contributed by atoms with Gasteiger partial charge in [-0.25, -0.2) is 0 Å². The van der Waals surface area contributed by atoms with Gasteiger partial charge in [0, 0.05) is 12.5 Å². The van der Waals surface area contributed by atoms with Crippen molar-refractivity contribution in [1.82, 2.24) is 19.8 Å². The minimum Gasteiger partial charge on any atom is -0.390 e. The second kappa shape index (κ2) is 4.35. The summed E-state index contributed by atoms with van der Waals surface area (Å²) in [6, 6.07) is 9.58. The van der Waals surface area contributed by atoms with Gasteiger partial charge in [0.25, 0.3) is 0 Å². The van der Waals surface area contributed by atoms with E-state index in [1.54, 1.807) is 6.07 Å². The summed E-state index contributed by atoms with van der Waals surface area (Å²) >= 11 is 0. The van der Waals surface area contributed by atoms with Gasteiger partial charge in [0.1, 0.15) is 5.69 Å². The molecular weight excluding hydrogens is 268 g/mol. The van der Waals surface area contributed by atoms with Gasteiger partial charge in [0.2, 0.25) is 0 Å². The number of aromatic nitrogens is 4. The van der Waals surface area contributed by atoms with Gasteiger partial charge >= 0.3 is 0 Å². The Morgan fingerprint density at radius 1 is 1.24 bits per heavy atom. The first-order chi connectivity index (χ1) is 10.3. The van der Waals surface area contributed by atoms with Crippen LogP contribution in [0.2, 0.25) is 0 Å². The third-order valence-electron chi connectivity index (χ3n) is 3.50. The summed E-state index contributed by atoms with van der Waals surface area (Å²) in [5.74, 6) is 0.381. The fraction of sp³-hybridized carbons (Fsp3) is 0.143. The number of benzene rings is 1. The van der Waals surface area contributed by atoms with E-state index in [1.165, 1.54) is 4.52 Å². The third-order valence-corrected chi connectivity index (χ3v) is 3.50. The number of anilines is 1. The Morgan fingerprint density at radius 3 is 2.90 bits per heavy atom. The van der Waals surface area contributed by atoms with Gasteiger partial charge in [-0.2, -0.15) is 9.61 Å². The number of rotatable bonds is 2. The number of nitrogens with two attached hydrogens (primary N) is 1. The van der Waals surface area contributed by atoms with Crippen molar-refractivity contribution in [2.45, 2.75) is 13.0 Å². The zero-order valence-electron chi connectivity index (χ0n) is 11.1. The minimum absolute atomic E-state index is 0.162. The first kappa shape index (κ1) is 12.0. The zero-order chi connectivity index (χ0) is 14.4. The number of hydrogen-bond donors (Lipinski definition) is 2. The van der Waals surface area contributed by atoms with Crippen LogP contribution in [-0.2, 0) is 13.0 Å². The molecule has 7 heteroatoms. The minimum atomic E-state index is -0.162. The number of nitrogen functional groups attached to an aromatic ring is 1. The average Bonchev–Trinajstić information content (AvgIpc) is 3.11. The van der Waals surface area contributed by atoms with Crippen molar-refractivity contribution in [2.75, 3.05) is 5.73 Å². The van der Waals surface area contributed by atoms with Crippen molar-refractivity contribution in [3.8, 4) is 0 Å². The van der Waals surface area contributed by atoms with Crippen LogP contribution in [0.4, 0.5) is 11.5 Å². The molecule has 0 bridgehead atoms. The Balaban J connectivity index is 1.84. The SMILES string of the molecule is Nc1c(C2=Nc3ccccc3C2)nnc2cc(CO)nn12. The Bertz CT molecular complexity index is 882. The van der Waals surface area contributed by atoms with E-state index in [9.17, 15) is 0 Å². The van der Waals surface area contributed by atoms with Crippen molar-refractivity contribution in [1.29, 1.82) is 0 Å². The van der Waals surface area contributed by atoms with Gasteiger partial charge in [-0.1, -0.05) is 18.2 Å². The molecule has 1 aromatic carbocycles. The smallest absolute Gasteiger partial charge is 0.180 e. The molecule has 0 spiro atoms. The second-order valence-electron chi connectivity index (χ2n) is 4.86. The topological polar surface area (TPSA) is 102 Å². The normalized spacial score (nSPS) is 13.5. The number of aliphatic hydroxyl groups excluding tert-OH is 1. The van der Waals surface area contributed by atoms with E-state index in [2.05, 4.69) is 20.3 Å². The number of hydrogen-bond acceptors (Lipinski definition) is 6. The molecule has 0 aliphatic carbocycles. The number of aliphatic imine (C=N–C) groups is 1. The molecule has 0 amide bonds. The fourth-order valence-electron chi connectivity index (χ4n) is 2.47. The van der Waals surface area contributed by atoms with Crippen LogP contribution in [0.25, 0.3) is 5.65 Å². The largest absolute Gasteiger partial charge is 0.390 e. The molecule has 21 heavy (non-hydrogen) atoms. The average molecular weight is 280 g/mol. The molecule has 0 fully saturated rings. The molecule has 0 saturated heterocycles. The second-order valence-corrected chi connectivity index (χ2v) is 4.86. The predicted molar refractivity (Wildman–Crippen MR) is 77.5 cm³/mol. The molecule has 7 nitrogen and oxygen atoms in total. The van der Waals surface area contributed by atoms with Crippen LogP contribution in [0.5, 0.6) is 0 Å². The van der Waals surface area contributed by atoms with Gasteiger partial charge in [-0.15, -0.1) is 10.2 Å². The van der Waals surface area contributed by atoms with E-state index < -0.39 is 0 Å². The van der Waals surface area contributed by atoms with Crippen LogP contribution in [0.1, 0.15) is 17.0 Å². The summed E-state index contributed by atoms with van der Waals surface area (Å²) in [5.41, 5.74) is 10.5. The van der Waals surface area contributed by atoms with Crippen LogP contribution in [-0.4, -0.2) is 30.6 Å². The molecule has 3 aromatic rings. The quantitative estimate of drug-likeness (QED) is 0.725. The van der Waals surface area contributed by atoms with Gasteiger partial charge in [-0.05, 0) is 11.6 Å². The summed E-state index contributed by atoms with van der Waals surface area (Å²) in [6.45, 7) is -0.162. The monoisotopic (exact) mass is 280 g/mol. The van der Waals surface area contributed by atoms with E-state index in [0.29, 0.717) is 29.3 Å². The van der Waals surface area contributed by atoms with Crippen LogP contribution in [0.3, 0.4) is 0 Å². The number of nitrogens with zero attached hydrogens (tertiary/aromatic N) is 5. The number of para-hydroxylation sites is 1. The zero-order valence-corrected chi connectivity index (χ0v) is 11.1. The van der Waals surface area contributed by atoms with Crippen LogP contribution < -0.4 is 5.73 Å². The number of fused-ring (bicyclic) bond motifs is 2. The maximum Gasteiger partial charge on any atom is 0.180 e. The molecule has 2 aromatic heterocycles. The summed E-state index contributed by atoms with van der Waals surface area (Å²) in [5, 5.41) is 21.6. The van der Waals surface area contributed by atoms with Crippen LogP contribution >= 0.6 is 0 Å². The maximum absolute atomic E-state index is 9.14. The highest BCUT2D eigenvalue weighted by Crippen LogP contribution is 2.29. The Labute approximate surface area is 119 Å². The highest BCUT2D eigenvalue weighted by molar-refractivity contribution is 6.07. The first-order valence-electron chi connectivity index (χ1n) is 6.54. The van der Waals surface area contributed by atoms with Gasteiger partial charge in [-0.3, -0.25) is 4.99 Å². The molecule has 0 unspecified atom stereocenters. The lowest BCUT2D eigenvalue weighted by Gasteiger charge is -2.04. The Hall–Kier alpha value is -2.80. The predicted octanol–water partition coefficient (Wildman–Crippen LogP) is 0.876. The summed E-state index contributed by atoms with van der Waals surface area (Å²) in [6.07, 6.45) is 0.675. The number of aliphatic hydroxyl groups is 1. The van der Waals surface area contributed by atoms with E-state index in [0.717, 1.165) is 17.0 Å².